The molecule has 0 aliphatic carbocycles. The SMILES string of the molecule is Clc1nnc(Sc2ncc[nH]2)c2ccccc12. The van der Waals surface area contributed by atoms with E-state index >= 15 is 0 Å². The maximum Gasteiger partial charge on any atom is 0.171 e. The first kappa shape index (κ1) is 10.6. The third kappa shape index (κ3) is 1.99. The first-order valence-corrected chi connectivity index (χ1v) is 6.12. The Morgan fingerprint density at radius 2 is 1.94 bits per heavy atom. The first-order chi connectivity index (χ1) is 8.34. The zero-order valence-corrected chi connectivity index (χ0v) is 10.2. The number of rotatable bonds is 2. The number of H-pyrrole nitrogens is 1. The summed E-state index contributed by atoms with van der Waals surface area (Å²) in [4.78, 5) is 7.16. The van der Waals surface area contributed by atoms with Gasteiger partial charge in [-0.25, -0.2) is 4.98 Å². The molecule has 0 aliphatic rings. The minimum atomic E-state index is 0.421. The average Bonchev–Trinajstić information content (AvgIpc) is 2.86. The fraction of sp³-hybridized carbons (Fsp3) is 0. The predicted octanol–water partition coefficient (Wildman–Crippen LogP) is 3.16. The molecule has 84 valence electrons. The lowest BCUT2D eigenvalue weighted by Gasteiger charge is -2.03. The lowest BCUT2D eigenvalue weighted by atomic mass is 10.2. The number of hydrogen-bond donors (Lipinski definition) is 1. The van der Waals surface area contributed by atoms with Gasteiger partial charge < -0.3 is 4.98 Å². The van der Waals surface area contributed by atoms with Crippen LogP contribution in [0.2, 0.25) is 5.15 Å². The van der Waals surface area contributed by atoms with Crippen LogP contribution in [0, 0.1) is 0 Å². The molecule has 0 spiro atoms. The number of fused-ring (bicyclic) bond motifs is 1. The lowest BCUT2D eigenvalue weighted by molar-refractivity contribution is 0.947. The van der Waals surface area contributed by atoms with E-state index in [1.54, 1.807) is 12.4 Å². The number of aromatic amines is 1. The van der Waals surface area contributed by atoms with Gasteiger partial charge in [-0.15, -0.1) is 10.2 Å². The Labute approximate surface area is 106 Å². The minimum Gasteiger partial charge on any atom is -0.339 e. The topological polar surface area (TPSA) is 54.5 Å². The van der Waals surface area contributed by atoms with Gasteiger partial charge in [-0.05, 0) is 11.8 Å². The molecular formula is C11H7ClN4S. The summed E-state index contributed by atoms with van der Waals surface area (Å²) in [5.74, 6) is 0. The van der Waals surface area contributed by atoms with Gasteiger partial charge in [0.2, 0.25) is 0 Å². The summed E-state index contributed by atoms with van der Waals surface area (Å²) in [6, 6.07) is 7.78. The van der Waals surface area contributed by atoms with Crippen LogP contribution in [-0.2, 0) is 0 Å². The van der Waals surface area contributed by atoms with Crippen molar-refractivity contribution >= 4 is 34.1 Å². The van der Waals surface area contributed by atoms with Gasteiger partial charge in [-0.1, -0.05) is 35.9 Å². The number of halogens is 1. The highest BCUT2D eigenvalue weighted by Crippen LogP contribution is 2.31. The van der Waals surface area contributed by atoms with E-state index in [2.05, 4.69) is 20.2 Å². The summed E-state index contributed by atoms with van der Waals surface area (Å²) >= 11 is 7.44. The van der Waals surface area contributed by atoms with Gasteiger partial charge in [0.15, 0.2) is 10.3 Å². The van der Waals surface area contributed by atoms with E-state index in [4.69, 9.17) is 11.6 Å². The van der Waals surface area contributed by atoms with Crippen molar-refractivity contribution in [1.82, 2.24) is 20.2 Å². The van der Waals surface area contributed by atoms with Crippen molar-refractivity contribution < 1.29 is 0 Å². The zero-order valence-electron chi connectivity index (χ0n) is 8.59. The van der Waals surface area contributed by atoms with Crippen LogP contribution >= 0.6 is 23.4 Å². The van der Waals surface area contributed by atoms with E-state index in [0.29, 0.717) is 5.15 Å². The molecule has 0 fully saturated rings. The van der Waals surface area contributed by atoms with Crippen LogP contribution in [-0.4, -0.2) is 20.2 Å². The molecule has 2 aromatic heterocycles. The van der Waals surface area contributed by atoms with Crippen LogP contribution in [0.3, 0.4) is 0 Å². The summed E-state index contributed by atoms with van der Waals surface area (Å²) in [5, 5.41) is 11.9. The van der Waals surface area contributed by atoms with Crippen LogP contribution in [0.25, 0.3) is 10.8 Å². The highest BCUT2D eigenvalue weighted by atomic mass is 35.5. The monoisotopic (exact) mass is 262 g/mol. The molecule has 17 heavy (non-hydrogen) atoms. The molecule has 0 saturated heterocycles. The predicted molar refractivity (Wildman–Crippen MR) is 67.3 cm³/mol. The molecule has 1 N–H and O–H groups in total. The Morgan fingerprint density at radius 1 is 1.12 bits per heavy atom. The van der Waals surface area contributed by atoms with E-state index < -0.39 is 0 Å². The van der Waals surface area contributed by atoms with Crippen LogP contribution < -0.4 is 0 Å². The standard InChI is InChI=1S/C11H7ClN4S/c12-9-7-3-1-2-4-8(7)10(16-15-9)17-11-13-5-6-14-11/h1-6H,(H,13,14). The molecule has 1 aromatic carbocycles. The molecule has 3 aromatic rings. The summed E-state index contributed by atoms with van der Waals surface area (Å²) in [5.41, 5.74) is 0. The molecule has 0 atom stereocenters. The highest BCUT2D eigenvalue weighted by Gasteiger charge is 2.09. The van der Waals surface area contributed by atoms with Gasteiger partial charge in [-0.3, -0.25) is 0 Å². The third-order valence-electron chi connectivity index (χ3n) is 2.27. The second kappa shape index (κ2) is 4.35. The summed E-state index contributed by atoms with van der Waals surface area (Å²) in [6.45, 7) is 0. The second-order valence-corrected chi connectivity index (χ2v) is 4.67. The van der Waals surface area contributed by atoms with E-state index in [9.17, 15) is 0 Å². The molecular weight excluding hydrogens is 256 g/mol. The van der Waals surface area contributed by atoms with Gasteiger partial charge in [0.05, 0.1) is 0 Å². The molecule has 6 heteroatoms. The lowest BCUT2D eigenvalue weighted by Crippen LogP contribution is -1.90. The Kier molecular flexibility index (Phi) is 2.70. The number of nitrogens with zero attached hydrogens (tertiary/aromatic N) is 3. The fourth-order valence-corrected chi connectivity index (χ4v) is 2.52. The van der Waals surface area contributed by atoms with Crippen molar-refractivity contribution in [2.24, 2.45) is 0 Å². The largest absolute Gasteiger partial charge is 0.339 e. The van der Waals surface area contributed by atoms with Gasteiger partial charge in [0, 0.05) is 23.2 Å². The Balaban J connectivity index is 2.14. The first-order valence-electron chi connectivity index (χ1n) is 4.93. The van der Waals surface area contributed by atoms with Crippen LogP contribution in [0.5, 0.6) is 0 Å². The number of nitrogens with one attached hydrogen (secondary N) is 1. The van der Waals surface area contributed by atoms with Crippen molar-refractivity contribution in [2.75, 3.05) is 0 Å². The van der Waals surface area contributed by atoms with Crippen LogP contribution in [0.15, 0.2) is 46.8 Å². The summed E-state index contributed by atoms with van der Waals surface area (Å²) in [7, 11) is 0. The molecule has 0 unspecified atom stereocenters. The molecule has 0 aliphatic heterocycles. The molecule has 4 nitrogen and oxygen atoms in total. The molecule has 2 heterocycles. The van der Waals surface area contributed by atoms with Crippen molar-refractivity contribution in [3.63, 3.8) is 0 Å². The summed E-state index contributed by atoms with van der Waals surface area (Å²) in [6.07, 6.45) is 3.47. The number of aromatic nitrogens is 4. The minimum absolute atomic E-state index is 0.421. The van der Waals surface area contributed by atoms with Crippen molar-refractivity contribution in [1.29, 1.82) is 0 Å². The van der Waals surface area contributed by atoms with Crippen molar-refractivity contribution in [2.45, 2.75) is 10.2 Å². The Hall–Kier alpha value is -1.59. The molecule has 0 saturated carbocycles. The highest BCUT2D eigenvalue weighted by molar-refractivity contribution is 7.99. The van der Waals surface area contributed by atoms with Gasteiger partial charge in [0.25, 0.3) is 0 Å². The summed E-state index contributed by atoms with van der Waals surface area (Å²) < 4.78 is 0. The number of imidazole rings is 1. The smallest absolute Gasteiger partial charge is 0.171 e. The van der Waals surface area contributed by atoms with E-state index in [-0.39, 0.29) is 0 Å². The van der Waals surface area contributed by atoms with Crippen LogP contribution in [0.1, 0.15) is 0 Å². The van der Waals surface area contributed by atoms with Gasteiger partial charge in [-0.2, -0.15) is 0 Å². The Bertz CT molecular complexity index is 654. The maximum atomic E-state index is 6.00. The number of hydrogen-bond acceptors (Lipinski definition) is 4. The van der Waals surface area contributed by atoms with Crippen molar-refractivity contribution in [3.8, 4) is 0 Å². The quantitative estimate of drug-likeness (QED) is 0.771. The van der Waals surface area contributed by atoms with E-state index in [0.717, 1.165) is 21.0 Å². The van der Waals surface area contributed by atoms with E-state index in [1.165, 1.54) is 11.8 Å². The average molecular weight is 263 g/mol. The normalized spacial score (nSPS) is 10.9. The van der Waals surface area contributed by atoms with Crippen molar-refractivity contribution in [3.05, 3.63) is 41.8 Å². The van der Waals surface area contributed by atoms with Gasteiger partial charge >= 0.3 is 0 Å². The van der Waals surface area contributed by atoms with E-state index in [1.807, 2.05) is 24.3 Å². The maximum absolute atomic E-state index is 6.00. The zero-order chi connectivity index (χ0) is 11.7. The number of benzene rings is 1. The van der Waals surface area contributed by atoms with Crippen LogP contribution in [0.4, 0.5) is 0 Å². The molecule has 0 bridgehead atoms. The molecule has 0 radical (unpaired) electrons. The third-order valence-corrected chi connectivity index (χ3v) is 3.47. The molecule has 0 amide bonds. The van der Waals surface area contributed by atoms with Gasteiger partial charge in [0.1, 0.15) is 5.03 Å². The molecule has 3 rings (SSSR count). The Morgan fingerprint density at radius 3 is 2.71 bits per heavy atom. The fourth-order valence-electron chi connectivity index (χ4n) is 1.52. The second-order valence-electron chi connectivity index (χ2n) is 3.34.